The van der Waals surface area contributed by atoms with Crippen molar-refractivity contribution in [2.75, 3.05) is 6.66 Å². The minimum atomic E-state index is -2.00. The van der Waals surface area contributed by atoms with Gasteiger partial charge in [-0.25, -0.2) is 0 Å². The van der Waals surface area contributed by atoms with Crippen LogP contribution in [0, 0.1) is 13.8 Å². The Hall–Kier alpha value is 0.230. The molecular weight excluding hydrogens is 222 g/mol. The van der Waals surface area contributed by atoms with Crippen LogP contribution < -0.4 is 0 Å². The van der Waals surface area contributed by atoms with Crippen LogP contribution >= 0.6 is 28.4 Å². The summed E-state index contributed by atoms with van der Waals surface area (Å²) in [6.45, 7) is 6.15. The van der Waals surface area contributed by atoms with E-state index in [-0.39, 0.29) is 0 Å². The van der Waals surface area contributed by atoms with E-state index in [4.69, 9.17) is 22.5 Å². The van der Waals surface area contributed by atoms with Gasteiger partial charge in [0.2, 0.25) is 0 Å². The molecule has 0 N–H and O–H groups in total. The van der Waals surface area contributed by atoms with Crippen LogP contribution in [-0.4, -0.2) is 6.66 Å². The van der Waals surface area contributed by atoms with Crippen LogP contribution in [0.5, 0.6) is 0 Å². The number of benzene rings is 1. The topological polar surface area (TPSA) is 0 Å². The molecule has 0 unspecified atom stereocenters. The zero-order valence-corrected chi connectivity index (χ0v) is 10.7. The molecule has 0 saturated heterocycles. The molecule has 1 aromatic rings. The Bertz CT molecular complexity index is 302. The fourth-order valence-corrected chi connectivity index (χ4v) is 3.31. The number of hydrogen-bond donors (Lipinski definition) is 0. The van der Waals surface area contributed by atoms with E-state index in [1.807, 2.05) is 6.66 Å². The molecule has 0 atom stereocenters. The van der Waals surface area contributed by atoms with E-state index in [0.29, 0.717) is 0 Å². The first-order valence-electron chi connectivity index (χ1n) is 4.32. The zero-order chi connectivity index (χ0) is 10.1. The second-order valence-corrected chi connectivity index (χ2v) is 11.8. The predicted molar refractivity (Wildman–Crippen MR) is 65.6 cm³/mol. The van der Waals surface area contributed by atoms with Crippen molar-refractivity contribution in [3.8, 4) is 0 Å². The average molecular weight is 237 g/mol. The van der Waals surface area contributed by atoms with Crippen molar-refractivity contribution in [2.45, 2.75) is 20.0 Å². The molecule has 0 aliphatic heterocycles. The standard InChI is InChI=1S/C10H15Cl2P/c1-8-4-5-10(9(2)6-8)7-13(3,11)12/h4-6,13H,7H2,1-3H3. The summed E-state index contributed by atoms with van der Waals surface area (Å²) < 4.78 is 0. The predicted octanol–water partition coefficient (Wildman–Crippen LogP) is 4.49. The molecular formula is C10H15Cl2P. The molecule has 0 nitrogen and oxygen atoms in total. The van der Waals surface area contributed by atoms with Crippen molar-refractivity contribution < 1.29 is 0 Å². The SMILES string of the molecule is Cc1ccc(C[PH](C)(Cl)Cl)c(C)c1. The van der Waals surface area contributed by atoms with Crippen molar-refractivity contribution >= 4 is 28.4 Å². The monoisotopic (exact) mass is 236 g/mol. The van der Waals surface area contributed by atoms with E-state index in [1.54, 1.807) is 0 Å². The minimum absolute atomic E-state index is 0.836. The Kier molecular flexibility index (Phi) is 3.63. The number of aryl methyl sites for hydroxylation is 2. The van der Waals surface area contributed by atoms with Crippen molar-refractivity contribution in [3.63, 3.8) is 0 Å². The van der Waals surface area contributed by atoms with Crippen LogP contribution in [0.15, 0.2) is 18.2 Å². The van der Waals surface area contributed by atoms with Crippen LogP contribution in [0.3, 0.4) is 0 Å². The maximum atomic E-state index is 6.08. The molecule has 3 heteroatoms. The summed E-state index contributed by atoms with van der Waals surface area (Å²) in [5.41, 5.74) is 3.86. The molecule has 74 valence electrons. The molecule has 0 amide bonds. The molecule has 0 aromatic heterocycles. The van der Waals surface area contributed by atoms with Gasteiger partial charge in [-0.15, -0.1) is 0 Å². The van der Waals surface area contributed by atoms with E-state index in [1.165, 1.54) is 16.7 Å². The van der Waals surface area contributed by atoms with Gasteiger partial charge in [0.05, 0.1) is 0 Å². The Morgan fingerprint density at radius 1 is 1.23 bits per heavy atom. The van der Waals surface area contributed by atoms with Gasteiger partial charge in [-0.2, -0.15) is 0 Å². The molecule has 0 fully saturated rings. The summed E-state index contributed by atoms with van der Waals surface area (Å²) >= 11 is 12.2. The molecule has 13 heavy (non-hydrogen) atoms. The van der Waals surface area contributed by atoms with Crippen molar-refractivity contribution in [3.05, 3.63) is 34.9 Å². The van der Waals surface area contributed by atoms with Gasteiger partial charge in [-0.3, -0.25) is 0 Å². The normalized spacial score (nSPS) is 13.0. The van der Waals surface area contributed by atoms with Crippen LogP contribution in [-0.2, 0) is 6.16 Å². The van der Waals surface area contributed by atoms with Gasteiger partial charge in [-0.05, 0) is 0 Å². The quantitative estimate of drug-likeness (QED) is 0.664. The summed E-state index contributed by atoms with van der Waals surface area (Å²) in [6, 6.07) is 6.40. The van der Waals surface area contributed by atoms with Crippen molar-refractivity contribution in [2.24, 2.45) is 0 Å². The van der Waals surface area contributed by atoms with E-state index in [2.05, 4.69) is 32.0 Å². The maximum absolute atomic E-state index is 6.08. The molecule has 0 aliphatic rings. The molecule has 0 radical (unpaired) electrons. The van der Waals surface area contributed by atoms with E-state index in [9.17, 15) is 0 Å². The number of rotatable bonds is 2. The van der Waals surface area contributed by atoms with Crippen LogP contribution in [0.2, 0.25) is 0 Å². The molecule has 0 saturated carbocycles. The molecule has 1 aromatic carbocycles. The van der Waals surface area contributed by atoms with Crippen LogP contribution in [0.1, 0.15) is 16.7 Å². The Labute approximate surface area is 90.2 Å². The molecule has 0 bridgehead atoms. The zero-order valence-electron chi connectivity index (χ0n) is 8.20. The van der Waals surface area contributed by atoms with Gasteiger partial charge in [0, 0.05) is 0 Å². The fraction of sp³-hybridized carbons (Fsp3) is 0.400. The summed E-state index contributed by atoms with van der Waals surface area (Å²) in [6.07, 6.45) is 0.836. The van der Waals surface area contributed by atoms with Gasteiger partial charge in [0.25, 0.3) is 0 Å². The summed E-state index contributed by atoms with van der Waals surface area (Å²) in [5, 5.41) is 0. The number of hydrogen-bond acceptors (Lipinski definition) is 0. The summed E-state index contributed by atoms with van der Waals surface area (Å²) in [4.78, 5) is 0. The van der Waals surface area contributed by atoms with Crippen molar-refractivity contribution in [1.82, 2.24) is 0 Å². The van der Waals surface area contributed by atoms with Gasteiger partial charge in [0.15, 0.2) is 0 Å². The molecule has 0 heterocycles. The van der Waals surface area contributed by atoms with Crippen LogP contribution in [0.4, 0.5) is 0 Å². The summed E-state index contributed by atoms with van der Waals surface area (Å²) in [5.74, 6) is -2.00. The van der Waals surface area contributed by atoms with E-state index >= 15 is 0 Å². The first-order valence-corrected chi connectivity index (χ1v) is 9.05. The Morgan fingerprint density at radius 3 is 2.31 bits per heavy atom. The third kappa shape index (κ3) is 3.85. The van der Waals surface area contributed by atoms with E-state index < -0.39 is 5.97 Å². The fourth-order valence-electron chi connectivity index (χ4n) is 1.38. The third-order valence-electron chi connectivity index (χ3n) is 2.00. The van der Waals surface area contributed by atoms with Gasteiger partial charge in [0.1, 0.15) is 0 Å². The molecule has 1 rings (SSSR count). The average Bonchev–Trinajstić information content (AvgIpc) is 1.93. The first-order chi connectivity index (χ1) is 5.88. The van der Waals surface area contributed by atoms with E-state index in [0.717, 1.165) is 6.16 Å². The van der Waals surface area contributed by atoms with Gasteiger partial charge in [-0.1, -0.05) is 0 Å². The van der Waals surface area contributed by atoms with Gasteiger partial charge >= 0.3 is 90.0 Å². The van der Waals surface area contributed by atoms with Crippen molar-refractivity contribution in [1.29, 1.82) is 0 Å². The Balaban J connectivity index is 2.90. The Morgan fingerprint density at radius 2 is 1.85 bits per heavy atom. The second kappa shape index (κ2) is 4.17. The van der Waals surface area contributed by atoms with Crippen LogP contribution in [0.25, 0.3) is 0 Å². The number of halogens is 2. The second-order valence-electron chi connectivity index (χ2n) is 3.68. The molecule has 0 spiro atoms. The first kappa shape index (κ1) is 11.3. The van der Waals surface area contributed by atoms with Gasteiger partial charge < -0.3 is 0 Å². The third-order valence-corrected chi connectivity index (χ3v) is 3.80. The molecule has 0 aliphatic carbocycles. The summed E-state index contributed by atoms with van der Waals surface area (Å²) in [7, 11) is 0.